The van der Waals surface area contributed by atoms with E-state index in [2.05, 4.69) is 37.8 Å². The van der Waals surface area contributed by atoms with Gasteiger partial charge in [-0.1, -0.05) is 6.07 Å². The molecule has 6 nitrogen and oxygen atoms in total. The Morgan fingerprint density at radius 1 is 1.26 bits per heavy atom. The van der Waals surface area contributed by atoms with Crippen molar-refractivity contribution in [2.24, 2.45) is 5.73 Å². The second kappa shape index (κ2) is 6.02. The van der Waals surface area contributed by atoms with Gasteiger partial charge in [0, 0.05) is 36.9 Å². The Hall–Kier alpha value is -1.79. The fourth-order valence-electron chi connectivity index (χ4n) is 3.43. The molecule has 0 spiro atoms. The summed E-state index contributed by atoms with van der Waals surface area (Å²) in [6.45, 7) is 1.69. The van der Waals surface area contributed by atoms with Crippen molar-refractivity contribution in [2.45, 2.75) is 56.8 Å². The molecular weight excluding hydrogens is 288 g/mol. The van der Waals surface area contributed by atoms with Gasteiger partial charge in [-0.05, 0) is 44.4 Å². The first-order valence-electron chi connectivity index (χ1n) is 8.47. The zero-order chi connectivity index (χ0) is 15.8. The molecule has 0 saturated heterocycles. The first kappa shape index (κ1) is 14.8. The third kappa shape index (κ3) is 3.14. The highest BCUT2D eigenvalue weighted by atomic mass is 15.3. The molecule has 2 saturated carbocycles. The smallest absolute Gasteiger partial charge is 0.147 e. The van der Waals surface area contributed by atoms with E-state index >= 15 is 0 Å². The molecule has 0 unspecified atom stereocenters. The molecule has 4 rings (SSSR count). The van der Waals surface area contributed by atoms with Gasteiger partial charge in [0.15, 0.2) is 0 Å². The summed E-state index contributed by atoms with van der Waals surface area (Å²) in [5.41, 5.74) is 7.17. The number of rotatable bonds is 6. The highest BCUT2D eigenvalue weighted by Crippen LogP contribution is 2.42. The average Bonchev–Trinajstić information content (AvgIpc) is 3.27. The molecule has 2 aromatic heterocycles. The van der Waals surface area contributed by atoms with Crippen molar-refractivity contribution >= 4 is 0 Å². The Balaban J connectivity index is 1.48. The van der Waals surface area contributed by atoms with Crippen LogP contribution < -0.4 is 5.73 Å². The van der Waals surface area contributed by atoms with Crippen molar-refractivity contribution in [1.82, 2.24) is 24.6 Å². The molecule has 0 aromatic carbocycles. The van der Waals surface area contributed by atoms with Crippen LogP contribution in [0.3, 0.4) is 0 Å². The van der Waals surface area contributed by atoms with Crippen molar-refractivity contribution in [2.75, 3.05) is 7.05 Å². The molecule has 122 valence electrons. The Bertz CT molecular complexity index is 657. The fourth-order valence-corrected chi connectivity index (χ4v) is 3.43. The van der Waals surface area contributed by atoms with E-state index in [9.17, 15) is 0 Å². The second-order valence-electron chi connectivity index (χ2n) is 7.04. The monoisotopic (exact) mass is 312 g/mol. The van der Waals surface area contributed by atoms with E-state index < -0.39 is 0 Å². The molecule has 2 N–H and O–H groups in total. The van der Waals surface area contributed by atoms with Crippen molar-refractivity contribution in [1.29, 1.82) is 0 Å². The lowest BCUT2D eigenvalue weighted by atomic mass is 9.80. The van der Waals surface area contributed by atoms with E-state index in [1.807, 2.05) is 18.5 Å². The molecule has 2 fully saturated rings. The summed E-state index contributed by atoms with van der Waals surface area (Å²) in [5, 5.41) is 9.01. The van der Waals surface area contributed by atoms with Gasteiger partial charge in [0.1, 0.15) is 11.6 Å². The number of nitrogens with two attached hydrogens (primary N) is 1. The van der Waals surface area contributed by atoms with Crippen molar-refractivity contribution in [3.05, 3.63) is 41.7 Å². The van der Waals surface area contributed by atoms with Gasteiger partial charge in [0.05, 0.1) is 6.54 Å². The van der Waals surface area contributed by atoms with Crippen molar-refractivity contribution in [3.8, 4) is 0 Å². The van der Waals surface area contributed by atoms with Crippen LogP contribution in [0.5, 0.6) is 0 Å². The lowest BCUT2D eigenvalue weighted by Gasteiger charge is -2.32. The average molecular weight is 312 g/mol. The largest absolute Gasteiger partial charge is 0.328 e. The molecule has 2 aliphatic rings. The van der Waals surface area contributed by atoms with Gasteiger partial charge in [0.25, 0.3) is 0 Å². The van der Waals surface area contributed by atoms with Gasteiger partial charge in [0.2, 0.25) is 0 Å². The molecule has 0 amide bonds. The third-order valence-corrected chi connectivity index (χ3v) is 4.83. The Morgan fingerprint density at radius 2 is 2.09 bits per heavy atom. The van der Waals surface area contributed by atoms with E-state index in [0.717, 1.165) is 31.8 Å². The number of pyridine rings is 1. The number of hydrogen-bond acceptors (Lipinski definition) is 5. The first-order chi connectivity index (χ1) is 11.2. The Morgan fingerprint density at radius 3 is 2.74 bits per heavy atom. The van der Waals surface area contributed by atoms with Crippen LogP contribution in [0, 0.1) is 0 Å². The highest BCUT2D eigenvalue weighted by molar-refractivity contribution is 5.13. The number of nitrogens with zero attached hydrogens (tertiary/aromatic N) is 5. The SMILES string of the molecule is CN(Cc1cccnc1)Cc1nnc(C2CC(N)C2)n1C1CC1. The minimum Gasteiger partial charge on any atom is -0.328 e. The highest BCUT2D eigenvalue weighted by Gasteiger charge is 2.36. The Kier molecular flexibility index (Phi) is 3.87. The van der Waals surface area contributed by atoms with Crippen LogP contribution in [0.15, 0.2) is 24.5 Å². The van der Waals surface area contributed by atoms with Crippen LogP contribution in [0.1, 0.15) is 54.9 Å². The van der Waals surface area contributed by atoms with Gasteiger partial charge in [-0.3, -0.25) is 9.88 Å². The quantitative estimate of drug-likeness (QED) is 0.881. The molecule has 23 heavy (non-hydrogen) atoms. The lowest BCUT2D eigenvalue weighted by molar-refractivity contribution is 0.298. The number of hydrogen-bond donors (Lipinski definition) is 1. The van der Waals surface area contributed by atoms with E-state index in [4.69, 9.17) is 5.73 Å². The fraction of sp³-hybridized carbons (Fsp3) is 0.588. The summed E-state index contributed by atoms with van der Waals surface area (Å²) in [6, 6.07) is 5.05. The first-order valence-corrected chi connectivity index (χ1v) is 8.47. The Labute approximate surface area is 136 Å². The second-order valence-corrected chi connectivity index (χ2v) is 7.04. The summed E-state index contributed by atoms with van der Waals surface area (Å²) in [6.07, 6.45) is 8.34. The van der Waals surface area contributed by atoms with E-state index in [-0.39, 0.29) is 0 Å². The van der Waals surface area contributed by atoms with Gasteiger partial charge in [-0.25, -0.2) is 0 Å². The van der Waals surface area contributed by atoms with Crippen LogP contribution in [0.2, 0.25) is 0 Å². The molecule has 0 radical (unpaired) electrons. The van der Waals surface area contributed by atoms with Crippen LogP contribution in [0.4, 0.5) is 0 Å². The van der Waals surface area contributed by atoms with E-state index in [1.165, 1.54) is 24.2 Å². The lowest BCUT2D eigenvalue weighted by Crippen LogP contribution is -2.36. The summed E-state index contributed by atoms with van der Waals surface area (Å²) >= 11 is 0. The molecule has 0 bridgehead atoms. The maximum absolute atomic E-state index is 5.95. The molecule has 2 heterocycles. The minimum atomic E-state index is 0.348. The van der Waals surface area contributed by atoms with Crippen LogP contribution in [-0.2, 0) is 13.1 Å². The van der Waals surface area contributed by atoms with Gasteiger partial charge in [-0.2, -0.15) is 0 Å². The molecule has 2 aliphatic carbocycles. The maximum atomic E-state index is 5.95. The van der Waals surface area contributed by atoms with E-state index in [1.54, 1.807) is 0 Å². The predicted molar refractivity (Wildman–Crippen MR) is 87.7 cm³/mol. The molecule has 2 aromatic rings. The number of aromatic nitrogens is 4. The maximum Gasteiger partial charge on any atom is 0.147 e. The van der Waals surface area contributed by atoms with Gasteiger partial charge in [-0.15, -0.1) is 10.2 Å². The minimum absolute atomic E-state index is 0.348. The predicted octanol–water partition coefficient (Wildman–Crippen LogP) is 1.84. The van der Waals surface area contributed by atoms with Crippen LogP contribution in [-0.4, -0.2) is 37.7 Å². The van der Waals surface area contributed by atoms with Crippen LogP contribution >= 0.6 is 0 Å². The summed E-state index contributed by atoms with van der Waals surface area (Å²) in [7, 11) is 2.12. The van der Waals surface area contributed by atoms with E-state index in [0.29, 0.717) is 18.0 Å². The zero-order valence-electron chi connectivity index (χ0n) is 13.6. The van der Waals surface area contributed by atoms with Crippen LogP contribution in [0.25, 0.3) is 0 Å². The molecule has 6 heteroatoms. The standard InChI is InChI=1S/C17H24N6/c1-22(10-12-3-2-6-19-9-12)11-16-20-21-17(13-7-14(18)8-13)23(16)15-4-5-15/h2-3,6,9,13-15H,4-5,7-8,10-11,18H2,1H3. The van der Waals surface area contributed by atoms with Crippen molar-refractivity contribution in [3.63, 3.8) is 0 Å². The van der Waals surface area contributed by atoms with Crippen molar-refractivity contribution < 1.29 is 0 Å². The summed E-state index contributed by atoms with van der Waals surface area (Å²) in [5.74, 6) is 2.77. The zero-order valence-corrected chi connectivity index (χ0v) is 13.6. The normalized spacial score (nSPS) is 24.0. The summed E-state index contributed by atoms with van der Waals surface area (Å²) in [4.78, 5) is 6.46. The summed E-state index contributed by atoms with van der Waals surface area (Å²) < 4.78 is 2.40. The molecular formula is C17H24N6. The molecule has 0 aliphatic heterocycles. The third-order valence-electron chi connectivity index (χ3n) is 4.83. The molecule has 0 atom stereocenters. The van der Waals surface area contributed by atoms with Gasteiger partial charge >= 0.3 is 0 Å². The topological polar surface area (TPSA) is 72.9 Å². The van der Waals surface area contributed by atoms with Gasteiger partial charge < -0.3 is 10.3 Å².